The van der Waals surface area contributed by atoms with Gasteiger partial charge in [-0.15, -0.1) is 0 Å². The van der Waals surface area contributed by atoms with Gasteiger partial charge in [-0.05, 0) is 61.5 Å². The Labute approximate surface area is 175 Å². The summed E-state index contributed by atoms with van der Waals surface area (Å²) in [5.74, 6) is -0.0562. The summed E-state index contributed by atoms with van der Waals surface area (Å²) in [7, 11) is 0. The molecule has 1 N–H and O–H groups in total. The molecule has 0 unspecified atom stereocenters. The van der Waals surface area contributed by atoms with Crippen molar-refractivity contribution in [3.05, 3.63) is 84.3 Å². The zero-order chi connectivity index (χ0) is 21.4. The Morgan fingerprint density at radius 2 is 1.77 bits per heavy atom. The molecule has 152 valence electrons. The third kappa shape index (κ3) is 3.55. The van der Waals surface area contributed by atoms with Crippen molar-refractivity contribution in [2.45, 2.75) is 6.92 Å². The quantitative estimate of drug-likeness (QED) is 0.432. The number of rotatable bonds is 4. The minimum absolute atomic E-state index is 0.241. The molecule has 3 aromatic heterocycles. The fraction of sp³-hybridized carbons (Fsp3) is 0.0435. The van der Waals surface area contributed by atoms with Crippen LogP contribution in [0.15, 0.2) is 76.1 Å². The topological polar surface area (TPSA) is 94.0 Å². The molecule has 0 saturated heterocycles. The molecule has 3 heterocycles. The molecule has 0 atom stereocenters. The summed E-state index contributed by atoms with van der Waals surface area (Å²) in [6.45, 7) is 1.74. The average molecular weight is 414 g/mol. The van der Waals surface area contributed by atoms with E-state index < -0.39 is 0 Å². The van der Waals surface area contributed by atoms with Crippen LogP contribution in [0.5, 0.6) is 0 Å². The molecule has 0 radical (unpaired) electrons. The number of anilines is 1. The highest BCUT2D eigenvalue weighted by atomic mass is 19.1. The number of nitrogens with zero attached hydrogens (tertiary/aromatic N) is 3. The number of amides is 1. The van der Waals surface area contributed by atoms with E-state index in [2.05, 4.69) is 20.4 Å². The standard InChI is InChI=1S/C23H15FN4O3/c1-13-21-18(10-19(27-23(21)31-28-13)14-2-6-16(24)7-3-14)22(29)26-17-8-4-15(5-9-17)20-11-25-12-30-20/h2-12H,1H3,(H,26,29). The van der Waals surface area contributed by atoms with Crippen molar-refractivity contribution in [3.8, 4) is 22.6 Å². The summed E-state index contributed by atoms with van der Waals surface area (Å²) >= 11 is 0. The molecule has 0 aliphatic rings. The summed E-state index contributed by atoms with van der Waals surface area (Å²) in [6.07, 6.45) is 2.98. The van der Waals surface area contributed by atoms with Gasteiger partial charge < -0.3 is 14.3 Å². The molecule has 0 aliphatic carbocycles. The molecule has 8 heteroatoms. The van der Waals surface area contributed by atoms with Gasteiger partial charge in [0.15, 0.2) is 12.2 Å². The monoisotopic (exact) mass is 414 g/mol. The molecule has 0 saturated carbocycles. The van der Waals surface area contributed by atoms with E-state index >= 15 is 0 Å². The second-order valence-corrected chi connectivity index (χ2v) is 6.91. The van der Waals surface area contributed by atoms with Gasteiger partial charge in [0, 0.05) is 16.8 Å². The lowest BCUT2D eigenvalue weighted by atomic mass is 10.0. The minimum atomic E-state index is -0.355. The average Bonchev–Trinajstić information content (AvgIpc) is 3.45. The second-order valence-electron chi connectivity index (χ2n) is 6.91. The highest BCUT2D eigenvalue weighted by molar-refractivity contribution is 6.13. The van der Waals surface area contributed by atoms with Crippen LogP contribution < -0.4 is 5.32 Å². The number of nitrogens with one attached hydrogen (secondary N) is 1. The normalized spacial score (nSPS) is 11.0. The Hall–Kier alpha value is -4.33. The van der Waals surface area contributed by atoms with E-state index in [-0.39, 0.29) is 17.4 Å². The van der Waals surface area contributed by atoms with Crippen LogP contribution in [0.1, 0.15) is 16.1 Å². The number of benzene rings is 2. The Balaban J connectivity index is 1.50. The van der Waals surface area contributed by atoms with Gasteiger partial charge in [0.25, 0.3) is 11.6 Å². The van der Waals surface area contributed by atoms with Gasteiger partial charge in [-0.25, -0.2) is 14.4 Å². The molecule has 0 fully saturated rings. The maximum Gasteiger partial charge on any atom is 0.259 e. The number of aryl methyl sites for hydroxylation is 1. The summed E-state index contributed by atoms with van der Waals surface area (Å²) in [4.78, 5) is 21.5. The first-order valence-corrected chi connectivity index (χ1v) is 9.42. The smallest absolute Gasteiger partial charge is 0.259 e. The number of hydrogen-bond donors (Lipinski definition) is 1. The SMILES string of the molecule is Cc1noc2nc(-c3ccc(F)cc3)cc(C(=O)Nc3ccc(-c4cnco4)cc3)c12. The highest BCUT2D eigenvalue weighted by Crippen LogP contribution is 2.28. The van der Waals surface area contributed by atoms with Crippen molar-refractivity contribution in [1.82, 2.24) is 15.1 Å². The van der Waals surface area contributed by atoms with E-state index in [1.54, 1.807) is 43.5 Å². The Bertz CT molecular complexity index is 1380. The van der Waals surface area contributed by atoms with Crippen LogP contribution in [-0.4, -0.2) is 21.0 Å². The lowest BCUT2D eigenvalue weighted by molar-refractivity contribution is 0.102. The molecule has 5 rings (SSSR count). The number of fused-ring (bicyclic) bond motifs is 1. The fourth-order valence-electron chi connectivity index (χ4n) is 3.32. The number of hydrogen-bond acceptors (Lipinski definition) is 6. The number of oxazole rings is 1. The zero-order valence-electron chi connectivity index (χ0n) is 16.3. The number of carbonyl (C=O) groups excluding carboxylic acids is 1. The molecular formula is C23H15FN4O3. The highest BCUT2D eigenvalue weighted by Gasteiger charge is 2.19. The van der Waals surface area contributed by atoms with E-state index in [0.717, 1.165) is 5.56 Å². The van der Waals surface area contributed by atoms with Crippen LogP contribution in [0.25, 0.3) is 33.7 Å². The summed E-state index contributed by atoms with van der Waals surface area (Å²) in [5.41, 5.74) is 3.75. The van der Waals surface area contributed by atoms with E-state index in [4.69, 9.17) is 8.94 Å². The predicted molar refractivity (Wildman–Crippen MR) is 112 cm³/mol. The Kier molecular flexibility index (Phi) is 4.51. The maximum atomic E-state index is 13.3. The molecule has 0 bridgehead atoms. The lowest BCUT2D eigenvalue weighted by Crippen LogP contribution is -2.13. The van der Waals surface area contributed by atoms with Crippen molar-refractivity contribution in [2.24, 2.45) is 0 Å². The molecule has 0 spiro atoms. The third-order valence-corrected chi connectivity index (χ3v) is 4.86. The Morgan fingerprint density at radius 1 is 1.03 bits per heavy atom. The van der Waals surface area contributed by atoms with Gasteiger partial charge in [-0.1, -0.05) is 5.16 Å². The van der Waals surface area contributed by atoms with Crippen LogP contribution in [-0.2, 0) is 0 Å². The van der Waals surface area contributed by atoms with Crippen LogP contribution >= 0.6 is 0 Å². The first-order valence-electron chi connectivity index (χ1n) is 9.42. The molecule has 7 nitrogen and oxygen atoms in total. The summed E-state index contributed by atoms with van der Waals surface area (Å²) < 4.78 is 23.9. The largest absolute Gasteiger partial charge is 0.444 e. The van der Waals surface area contributed by atoms with Crippen molar-refractivity contribution in [2.75, 3.05) is 5.32 Å². The van der Waals surface area contributed by atoms with Crippen LogP contribution in [0, 0.1) is 12.7 Å². The van der Waals surface area contributed by atoms with Gasteiger partial charge in [0.05, 0.1) is 28.5 Å². The molecule has 2 aromatic carbocycles. The molecule has 5 aromatic rings. The molecular weight excluding hydrogens is 399 g/mol. The molecule has 1 amide bonds. The molecule has 31 heavy (non-hydrogen) atoms. The first kappa shape index (κ1) is 18.7. The van der Waals surface area contributed by atoms with Gasteiger partial charge in [0.2, 0.25) is 0 Å². The number of halogens is 1. The van der Waals surface area contributed by atoms with Gasteiger partial charge in [-0.3, -0.25) is 4.79 Å². The van der Waals surface area contributed by atoms with Gasteiger partial charge in [-0.2, -0.15) is 0 Å². The van der Waals surface area contributed by atoms with Crippen LogP contribution in [0.4, 0.5) is 10.1 Å². The Morgan fingerprint density at radius 3 is 2.48 bits per heavy atom. The third-order valence-electron chi connectivity index (χ3n) is 4.86. The number of pyridine rings is 1. The zero-order valence-corrected chi connectivity index (χ0v) is 16.3. The van der Waals surface area contributed by atoms with Crippen LogP contribution in [0.3, 0.4) is 0 Å². The second kappa shape index (κ2) is 7.49. The number of aromatic nitrogens is 3. The van der Waals surface area contributed by atoms with Gasteiger partial charge >= 0.3 is 0 Å². The van der Waals surface area contributed by atoms with E-state index in [9.17, 15) is 9.18 Å². The van der Waals surface area contributed by atoms with Crippen molar-refractivity contribution >= 4 is 22.7 Å². The van der Waals surface area contributed by atoms with Crippen molar-refractivity contribution < 1.29 is 18.1 Å². The van der Waals surface area contributed by atoms with E-state index in [1.165, 1.54) is 18.5 Å². The van der Waals surface area contributed by atoms with Crippen molar-refractivity contribution in [3.63, 3.8) is 0 Å². The van der Waals surface area contributed by atoms with E-state index in [1.807, 2.05) is 12.1 Å². The fourth-order valence-corrected chi connectivity index (χ4v) is 3.32. The first-order chi connectivity index (χ1) is 15.1. The summed E-state index contributed by atoms with van der Waals surface area (Å²) in [6, 6.07) is 14.7. The number of carbonyl (C=O) groups is 1. The van der Waals surface area contributed by atoms with E-state index in [0.29, 0.717) is 39.3 Å². The minimum Gasteiger partial charge on any atom is -0.444 e. The summed E-state index contributed by atoms with van der Waals surface area (Å²) in [5, 5.41) is 7.36. The van der Waals surface area contributed by atoms with Crippen molar-refractivity contribution in [1.29, 1.82) is 0 Å². The van der Waals surface area contributed by atoms with Crippen LogP contribution in [0.2, 0.25) is 0 Å². The molecule has 0 aliphatic heterocycles. The lowest BCUT2D eigenvalue weighted by Gasteiger charge is -2.09. The van der Waals surface area contributed by atoms with Gasteiger partial charge in [0.1, 0.15) is 5.82 Å². The predicted octanol–water partition coefficient (Wildman–Crippen LogP) is 5.24. The maximum absolute atomic E-state index is 13.3.